The maximum atomic E-state index is 6.26. The van der Waals surface area contributed by atoms with Crippen molar-refractivity contribution in [3.8, 4) is 10.4 Å². The van der Waals surface area contributed by atoms with Crippen molar-refractivity contribution in [2.45, 2.75) is 13.8 Å². The fourth-order valence-corrected chi connectivity index (χ4v) is 2.86. The first-order valence-electron chi connectivity index (χ1n) is 4.51. The van der Waals surface area contributed by atoms with Gasteiger partial charge in [0.05, 0.1) is 9.90 Å². The molecule has 0 aliphatic rings. The summed E-state index contributed by atoms with van der Waals surface area (Å²) in [6.45, 7) is 4.18. The van der Waals surface area contributed by atoms with Crippen LogP contribution in [0.2, 0.25) is 5.02 Å². The molecular weight excluding hydrogens is 212 g/mol. The third-order valence-corrected chi connectivity index (χ3v) is 4.19. The number of hydrogen-bond acceptors (Lipinski definition) is 1. The third-order valence-electron chi connectivity index (χ3n) is 2.35. The second kappa shape index (κ2) is 3.76. The monoisotopic (exact) mass is 222 g/mol. The first-order chi connectivity index (χ1) is 6.70. The highest BCUT2D eigenvalue weighted by Crippen LogP contribution is 2.39. The molecule has 0 aliphatic heterocycles. The molecule has 0 radical (unpaired) electrons. The van der Waals surface area contributed by atoms with Crippen molar-refractivity contribution in [1.29, 1.82) is 0 Å². The molecule has 1 aromatic carbocycles. The molecule has 0 saturated carbocycles. The van der Waals surface area contributed by atoms with Crippen LogP contribution < -0.4 is 0 Å². The fraction of sp³-hybridized carbons (Fsp3) is 0.167. The van der Waals surface area contributed by atoms with Crippen LogP contribution in [0.3, 0.4) is 0 Å². The topological polar surface area (TPSA) is 0 Å². The van der Waals surface area contributed by atoms with Crippen molar-refractivity contribution in [1.82, 2.24) is 0 Å². The van der Waals surface area contributed by atoms with Crippen molar-refractivity contribution in [3.05, 3.63) is 45.8 Å². The van der Waals surface area contributed by atoms with Crippen LogP contribution >= 0.6 is 22.9 Å². The average molecular weight is 223 g/mol. The number of aryl methyl sites for hydroxylation is 1. The smallest absolute Gasteiger partial charge is 0.0624 e. The number of rotatable bonds is 1. The van der Waals surface area contributed by atoms with Gasteiger partial charge in [-0.1, -0.05) is 41.9 Å². The second-order valence-corrected chi connectivity index (χ2v) is 4.90. The van der Waals surface area contributed by atoms with E-state index in [-0.39, 0.29) is 0 Å². The zero-order valence-corrected chi connectivity index (χ0v) is 9.75. The molecule has 0 nitrogen and oxygen atoms in total. The Labute approximate surface area is 93.2 Å². The lowest BCUT2D eigenvalue weighted by atomic mass is 10.1. The molecule has 2 heteroatoms. The normalized spacial score (nSPS) is 10.5. The predicted octanol–water partition coefficient (Wildman–Crippen LogP) is 4.69. The van der Waals surface area contributed by atoms with Crippen LogP contribution in [0.5, 0.6) is 0 Å². The lowest BCUT2D eigenvalue weighted by Gasteiger charge is -1.97. The summed E-state index contributed by atoms with van der Waals surface area (Å²) in [5, 5.41) is 0.902. The summed E-state index contributed by atoms with van der Waals surface area (Å²) in [4.78, 5) is 2.48. The molecule has 72 valence electrons. The van der Waals surface area contributed by atoms with Gasteiger partial charge in [0, 0.05) is 4.88 Å². The molecule has 2 rings (SSSR count). The van der Waals surface area contributed by atoms with Crippen LogP contribution in [0, 0.1) is 13.8 Å². The first-order valence-corrected chi connectivity index (χ1v) is 5.70. The number of benzene rings is 1. The fourth-order valence-electron chi connectivity index (χ4n) is 1.37. The van der Waals surface area contributed by atoms with Crippen LogP contribution in [0.25, 0.3) is 10.4 Å². The summed E-state index contributed by atoms with van der Waals surface area (Å²) in [5.74, 6) is 0. The molecule has 2 aromatic rings. The summed E-state index contributed by atoms with van der Waals surface area (Å²) in [5.41, 5.74) is 2.41. The van der Waals surface area contributed by atoms with Gasteiger partial charge in [0.1, 0.15) is 0 Å². The minimum atomic E-state index is 0.902. The number of halogens is 1. The Morgan fingerprint density at radius 3 is 2.21 bits per heavy atom. The average Bonchev–Trinajstić information content (AvgIpc) is 2.47. The summed E-state index contributed by atoms with van der Waals surface area (Å²) in [6.07, 6.45) is 0. The molecule has 1 aromatic heterocycles. The van der Waals surface area contributed by atoms with Gasteiger partial charge in [-0.25, -0.2) is 0 Å². The van der Waals surface area contributed by atoms with Gasteiger partial charge in [-0.3, -0.25) is 0 Å². The molecule has 0 fully saturated rings. The summed E-state index contributed by atoms with van der Waals surface area (Å²) in [7, 11) is 0. The molecule has 0 N–H and O–H groups in total. The Morgan fingerprint density at radius 2 is 1.71 bits per heavy atom. The molecular formula is C12H11ClS. The zero-order chi connectivity index (χ0) is 10.1. The van der Waals surface area contributed by atoms with Gasteiger partial charge in [-0.2, -0.15) is 0 Å². The Kier molecular flexibility index (Phi) is 2.62. The van der Waals surface area contributed by atoms with E-state index in [2.05, 4.69) is 26.0 Å². The molecule has 0 atom stereocenters. The quantitative estimate of drug-likeness (QED) is 0.657. The minimum absolute atomic E-state index is 0.902. The van der Waals surface area contributed by atoms with E-state index in [1.807, 2.05) is 18.2 Å². The zero-order valence-electron chi connectivity index (χ0n) is 8.17. The molecule has 0 amide bonds. The van der Waals surface area contributed by atoms with Crippen molar-refractivity contribution >= 4 is 22.9 Å². The van der Waals surface area contributed by atoms with Gasteiger partial charge in [0.2, 0.25) is 0 Å². The van der Waals surface area contributed by atoms with Crippen LogP contribution in [0.15, 0.2) is 30.3 Å². The van der Waals surface area contributed by atoms with Gasteiger partial charge in [0.15, 0.2) is 0 Å². The Hall–Kier alpha value is -0.790. The molecule has 14 heavy (non-hydrogen) atoms. The van der Waals surface area contributed by atoms with E-state index in [0.29, 0.717) is 0 Å². The highest BCUT2D eigenvalue weighted by Gasteiger charge is 2.11. The van der Waals surface area contributed by atoms with Crippen molar-refractivity contribution in [2.75, 3.05) is 0 Å². The third kappa shape index (κ3) is 1.58. The van der Waals surface area contributed by atoms with Gasteiger partial charge in [-0.05, 0) is 25.0 Å². The van der Waals surface area contributed by atoms with Crippen molar-refractivity contribution < 1.29 is 0 Å². The van der Waals surface area contributed by atoms with Gasteiger partial charge in [-0.15, -0.1) is 11.3 Å². The van der Waals surface area contributed by atoms with Crippen LogP contribution in [-0.2, 0) is 0 Å². The van der Waals surface area contributed by atoms with E-state index in [0.717, 1.165) is 5.02 Å². The van der Waals surface area contributed by atoms with Gasteiger partial charge < -0.3 is 0 Å². The van der Waals surface area contributed by atoms with E-state index >= 15 is 0 Å². The van der Waals surface area contributed by atoms with E-state index < -0.39 is 0 Å². The lowest BCUT2D eigenvalue weighted by molar-refractivity contribution is 1.44. The Bertz CT molecular complexity index is 443. The maximum absolute atomic E-state index is 6.26. The van der Waals surface area contributed by atoms with Crippen LogP contribution in [0.4, 0.5) is 0 Å². The molecule has 0 unspecified atom stereocenters. The molecule has 0 saturated heterocycles. The SMILES string of the molecule is Cc1sc(-c2ccccc2)c(Cl)c1C. The molecule has 1 heterocycles. The van der Waals surface area contributed by atoms with Crippen LogP contribution in [0.1, 0.15) is 10.4 Å². The summed E-state index contributed by atoms with van der Waals surface area (Å²) >= 11 is 8.02. The highest BCUT2D eigenvalue weighted by molar-refractivity contribution is 7.16. The van der Waals surface area contributed by atoms with Gasteiger partial charge in [0.25, 0.3) is 0 Å². The molecule has 0 aliphatic carbocycles. The standard InChI is InChI=1S/C12H11ClS/c1-8-9(2)14-12(11(8)13)10-6-4-3-5-7-10/h3-7H,1-2H3. The van der Waals surface area contributed by atoms with E-state index in [1.54, 1.807) is 11.3 Å². The van der Waals surface area contributed by atoms with Crippen molar-refractivity contribution in [2.24, 2.45) is 0 Å². The number of hydrogen-bond donors (Lipinski definition) is 0. The van der Waals surface area contributed by atoms with E-state index in [4.69, 9.17) is 11.6 Å². The summed E-state index contributed by atoms with van der Waals surface area (Å²) in [6, 6.07) is 10.3. The second-order valence-electron chi connectivity index (χ2n) is 3.29. The van der Waals surface area contributed by atoms with Crippen molar-refractivity contribution in [3.63, 3.8) is 0 Å². The summed E-state index contributed by atoms with van der Waals surface area (Å²) < 4.78 is 0. The molecule has 0 bridgehead atoms. The maximum Gasteiger partial charge on any atom is 0.0624 e. The van der Waals surface area contributed by atoms with Crippen LogP contribution in [-0.4, -0.2) is 0 Å². The first kappa shape index (κ1) is 9.75. The minimum Gasteiger partial charge on any atom is -0.139 e. The van der Waals surface area contributed by atoms with Gasteiger partial charge >= 0.3 is 0 Å². The van der Waals surface area contributed by atoms with E-state index in [9.17, 15) is 0 Å². The largest absolute Gasteiger partial charge is 0.139 e. The predicted molar refractivity (Wildman–Crippen MR) is 64.2 cm³/mol. The lowest BCUT2D eigenvalue weighted by Crippen LogP contribution is -1.72. The Balaban J connectivity index is 2.58. The molecule has 0 spiro atoms. The highest BCUT2D eigenvalue weighted by atomic mass is 35.5. The van der Waals surface area contributed by atoms with E-state index in [1.165, 1.54) is 20.9 Å². The number of thiophene rings is 1. The Morgan fingerprint density at radius 1 is 1.07 bits per heavy atom.